The second kappa shape index (κ2) is 6.53. The van der Waals surface area contributed by atoms with Gasteiger partial charge in [0.05, 0.1) is 0 Å². The number of nitrogens with one attached hydrogen (secondary N) is 1. The predicted molar refractivity (Wildman–Crippen MR) is 83.3 cm³/mol. The minimum absolute atomic E-state index is 0.592. The lowest BCUT2D eigenvalue weighted by molar-refractivity contribution is 0.727. The quantitative estimate of drug-likeness (QED) is 0.822. The summed E-state index contributed by atoms with van der Waals surface area (Å²) < 4.78 is 0. The van der Waals surface area contributed by atoms with Crippen molar-refractivity contribution in [3.05, 3.63) is 59.7 Å². The average molecular weight is 253 g/mol. The topological polar surface area (TPSA) is 12.0 Å². The summed E-state index contributed by atoms with van der Waals surface area (Å²) in [7, 11) is 0. The van der Waals surface area contributed by atoms with Crippen molar-refractivity contribution < 1.29 is 0 Å². The lowest BCUT2D eigenvalue weighted by Crippen LogP contribution is -2.11. The molecule has 0 spiro atoms. The summed E-state index contributed by atoms with van der Waals surface area (Å²) in [6, 6.07) is 17.7. The molecule has 0 aliphatic heterocycles. The lowest BCUT2D eigenvalue weighted by Gasteiger charge is -2.09. The molecule has 0 amide bonds. The number of hydrogen-bond donors (Lipinski definition) is 1. The molecule has 2 rings (SSSR count). The van der Waals surface area contributed by atoms with Crippen LogP contribution in [-0.4, -0.2) is 6.54 Å². The molecule has 0 radical (unpaired) electrons. The van der Waals surface area contributed by atoms with Crippen LogP contribution in [0.15, 0.2) is 48.5 Å². The first kappa shape index (κ1) is 13.8. The molecular formula is C18H23N. The largest absolute Gasteiger partial charge is 0.313 e. The van der Waals surface area contributed by atoms with Crippen molar-refractivity contribution in [2.45, 2.75) is 33.2 Å². The molecule has 0 unspecified atom stereocenters. The first-order valence-electron chi connectivity index (χ1n) is 7.10. The first-order chi connectivity index (χ1) is 9.20. The van der Waals surface area contributed by atoms with Crippen molar-refractivity contribution in [1.29, 1.82) is 0 Å². The highest BCUT2D eigenvalue weighted by Gasteiger charge is 2.02. The minimum atomic E-state index is 0.592. The summed E-state index contributed by atoms with van der Waals surface area (Å²) in [5.41, 5.74) is 5.33. The molecule has 0 heterocycles. The van der Waals surface area contributed by atoms with E-state index in [1.165, 1.54) is 22.3 Å². The van der Waals surface area contributed by atoms with Gasteiger partial charge in [0.15, 0.2) is 0 Å². The summed E-state index contributed by atoms with van der Waals surface area (Å²) >= 11 is 0. The summed E-state index contributed by atoms with van der Waals surface area (Å²) in [6.07, 6.45) is 0. The number of hydrogen-bond acceptors (Lipinski definition) is 1. The Bertz CT molecular complexity index is 511. The van der Waals surface area contributed by atoms with Crippen LogP contribution in [0.1, 0.15) is 37.8 Å². The van der Waals surface area contributed by atoms with Gasteiger partial charge in [-0.3, -0.25) is 0 Å². The standard InChI is InChI=1S/C18H23N/c1-4-19-13-15-6-5-7-18(12-15)17-10-8-16(9-11-17)14(2)3/h5-12,14,19H,4,13H2,1-3H3. The van der Waals surface area contributed by atoms with Crippen LogP contribution in [0.25, 0.3) is 11.1 Å². The molecule has 19 heavy (non-hydrogen) atoms. The Balaban J connectivity index is 2.21. The molecule has 0 aromatic heterocycles. The van der Waals surface area contributed by atoms with Crippen LogP contribution in [0, 0.1) is 0 Å². The van der Waals surface area contributed by atoms with Crippen molar-refractivity contribution in [3.8, 4) is 11.1 Å². The third-order valence-corrected chi connectivity index (χ3v) is 3.42. The average Bonchev–Trinajstić information content (AvgIpc) is 2.45. The molecule has 2 aromatic carbocycles. The van der Waals surface area contributed by atoms with Crippen LogP contribution in [0.5, 0.6) is 0 Å². The van der Waals surface area contributed by atoms with E-state index < -0.39 is 0 Å². The Labute approximate surface area is 116 Å². The van der Waals surface area contributed by atoms with Gasteiger partial charge >= 0.3 is 0 Å². The fourth-order valence-corrected chi connectivity index (χ4v) is 2.19. The molecule has 1 N–H and O–H groups in total. The normalized spacial score (nSPS) is 10.9. The highest BCUT2D eigenvalue weighted by molar-refractivity contribution is 5.64. The maximum absolute atomic E-state index is 3.37. The summed E-state index contributed by atoms with van der Waals surface area (Å²) in [5.74, 6) is 0.592. The van der Waals surface area contributed by atoms with E-state index in [1.807, 2.05) is 0 Å². The number of benzene rings is 2. The van der Waals surface area contributed by atoms with E-state index in [4.69, 9.17) is 0 Å². The Morgan fingerprint density at radius 3 is 2.32 bits per heavy atom. The molecule has 0 saturated carbocycles. The van der Waals surface area contributed by atoms with Crippen molar-refractivity contribution in [3.63, 3.8) is 0 Å². The van der Waals surface area contributed by atoms with E-state index in [9.17, 15) is 0 Å². The summed E-state index contributed by atoms with van der Waals surface area (Å²) in [6.45, 7) is 8.54. The van der Waals surface area contributed by atoms with Gasteiger partial charge in [0.1, 0.15) is 0 Å². The van der Waals surface area contributed by atoms with Gasteiger partial charge in [0.2, 0.25) is 0 Å². The van der Waals surface area contributed by atoms with Gasteiger partial charge in [0.25, 0.3) is 0 Å². The van der Waals surface area contributed by atoms with Gasteiger partial charge in [-0.25, -0.2) is 0 Å². The zero-order valence-electron chi connectivity index (χ0n) is 12.1. The van der Waals surface area contributed by atoms with Crippen LogP contribution in [0.3, 0.4) is 0 Å². The van der Waals surface area contributed by atoms with Crippen molar-refractivity contribution in [1.82, 2.24) is 5.32 Å². The second-order valence-corrected chi connectivity index (χ2v) is 5.26. The Hall–Kier alpha value is -1.60. The van der Waals surface area contributed by atoms with Crippen molar-refractivity contribution >= 4 is 0 Å². The van der Waals surface area contributed by atoms with E-state index in [0.29, 0.717) is 5.92 Å². The third-order valence-electron chi connectivity index (χ3n) is 3.42. The van der Waals surface area contributed by atoms with Gasteiger partial charge in [-0.05, 0) is 40.8 Å². The molecule has 0 atom stereocenters. The molecule has 1 heteroatoms. The van der Waals surface area contributed by atoms with Crippen LogP contribution in [-0.2, 0) is 6.54 Å². The fraction of sp³-hybridized carbons (Fsp3) is 0.333. The summed E-state index contributed by atoms with van der Waals surface area (Å²) in [4.78, 5) is 0. The van der Waals surface area contributed by atoms with Crippen LogP contribution in [0.2, 0.25) is 0 Å². The molecule has 2 aromatic rings. The van der Waals surface area contributed by atoms with Gasteiger partial charge in [-0.2, -0.15) is 0 Å². The lowest BCUT2D eigenvalue weighted by atomic mass is 9.98. The molecular weight excluding hydrogens is 230 g/mol. The van der Waals surface area contributed by atoms with Crippen LogP contribution >= 0.6 is 0 Å². The minimum Gasteiger partial charge on any atom is -0.313 e. The van der Waals surface area contributed by atoms with Crippen LogP contribution < -0.4 is 5.32 Å². The first-order valence-corrected chi connectivity index (χ1v) is 7.10. The van der Waals surface area contributed by atoms with Crippen molar-refractivity contribution in [2.75, 3.05) is 6.54 Å². The fourth-order valence-electron chi connectivity index (χ4n) is 2.19. The molecule has 0 aliphatic rings. The molecule has 0 fully saturated rings. The predicted octanol–water partition coefficient (Wildman–Crippen LogP) is 4.59. The maximum Gasteiger partial charge on any atom is 0.0205 e. The van der Waals surface area contributed by atoms with Gasteiger partial charge in [0, 0.05) is 6.54 Å². The maximum atomic E-state index is 3.37. The SMILES string of the molecule is CCNCc1cccc(-c2ccc(C(C)C)cc2)c1. The smallest absolute Gasteiger partial charge is 0.0205 e. The van der Waals surface area contributed by atoms with Gasteiger partial charge in [-0.1, -0.05) is 63.2 Å². The Morgan fingerprint density at radius 2 is 1.68 bits per heavy atom. The van der Waals surface area contributed by atoms with E-state index in [1.54, 1.807) is 0 Å². The van der Waals surface area contributed by atoms with Crippen molar-refractivity contribution in [2.24, 2.45) is 0 Å². The zero-order valence-corrected chi connectivity index (χ0v) is 12.1. The Kier molecular flexibility index (Phi) is 4.75. The molecule has 0 bridgehead atoms. The van der Waals surface area contributed by atoms with E-state index in [0.717, 1.165) is 13.1 Å². The van der Waals surface area contributed by atoms with Crippen LogP contribution in [0.4, 0.5) is 0 Å². The highest BCUT2D eigenvalue weighted by Crippen LogP contribution is 2.23. The summed E-state index contributed by atoms with van der Waals surface area (Å²) in [5, 5.41) is 3.37. The highest BCUT2D eigenvalue weighted by atomic mass is 14.8. The third kappa shape index (κ3) is 3.68. The molecule has 0 aliphatic carbocycles. The Morgan fingerprint density at radius 1 is 0.947 bits per heavy atom. The van der Waals surface area contributed by atoms with E-state index in [-0.39, 0.29) is 0 Å². The number of rotatable bonds is 5. The van der Waals surface area contributed by atoms with Gasteiger partial charge < -0.3 is 5.32 Å². The monoisotopic (exact) mass is 253 g/mol. The molecule has 100 valence electrons. The van der Waals surface area contributed by atoms with Gasteiger partial charge in [-0.15, -0.1) is 0 Å². The van der Waals surface area contributed by atoms with E-state index in [2.05, 4.69) is 74.6 Å². The van der Waals surface area contributed by atoms with E-state index >= 15 is 0 Å². The zero-order chi connectivity index (χ0) is 13.7. The molecule has 0 saturated heterocycles. The second-order valence-electron chi connectivity index (χ2n) is 5.26. The molecule has 1 nitrogen and oxygen atoms in total.